The van der Waals surface area contributed by atoms with Gasteiger partial charge < -0.3 is 22.1 Å². The Morgan fingerprint density at radius 2 is 2.00 bits per heavy atom. The molecule has 1 amide bonds. The maximum absolute atomic E-state index is 14.6. The van der Waals surface area contributed by atoms with Crippen LogP contribution in [0.1, 0.15) is 41.0 Å². The van der Waals surface area contributed by atoms with E-state index >= 15 is 0 Å². The number of amides is 1. The van der Waals surface area contributed by atoms with E-state index in [0.717, 1.165) is 47.0 Å². The molecule has 1 aliphatic carbocycles. The molecule has 1 saturated carbocycles. The van der Waals surface area contributed by atoms with Gasteiger partial charge in [-0.2, -0.15) is 0 Å². The van der Waals surface area contributed by atoms with Crippen LogP contribution in [-0.2, 0) is 0 Å². The standard InChI is InChI=1S/C20H23FN6OS/c1-10-24-16-7-6-11(8-17(16)29-10)25-19-12(18(23)28)9-13(21)20(27-19)26-15-5-3-2-4-14(15)22/h6-9,14-15H,2-5,22H2,1H3,(H2,23,28)(H2,25,26,27). The van der Waals surface area contributed by atoms with Gasteiger partial charge >= 0.3 is 0 Å². The highest BCUT2D eigenvalue weighted by Crippen LogP contribution is 2.29. The average molecular weight is 415 g/mol. The van der Waals surface area contributed by atoms with Gasteiger partial charge in [0.15, 0.2) is 11.6 Å². The Balaban J connectivity index is 1.66. The molecule has 29 heavy (non-hydrogen) atoms. The van der Waals surface area contributed by atoms with Crippen LogP contribution in [0.3, 0.4) is 0 Å². The molecule has 1 fully saturated rings. The molecule has 2 unspecified atom stereocenters. The van der Waals surface area contributed by atoms with Gasteiger partial charge in [0, 0.05) is 17.8 Å². The molecular weight excluding hydrogens is 391 g/mol. The van der Waals surface area contributed by atoms with Crippen molar-refractivity contribution in [3.05, 3.63) is 40.7 Å². The number of primary amides is 1. The van der Waals surface area contributed by atoms with Crippen molar-refractivity contribution in [2.75, 3.05) is 10.6 Å². The lowest BCUT2D eigenvalue weighted by Crippen LogP contribution is -2.43. The van der Waals surface area contributed by atoms with Gasteiger partial charge in [-0.1, -0.05) is 12.8 Å². The molecule has 0 spiro atoms. The molecule has 7 nitrogen and oxygen atoms in total. The van der Waals surface area contributed by atoms with Crippen molar-refractivity contribution >= 4 is 44.8 Å². The quantitative estimate of drug-likeness (QED) is 0.506. The van der Waals surface area contributed by atoms with E-state index in [1.807, 2.05) is 25.1 Å². The minimum atomic E-state index is -0.755. The van der Waals surface area contributed by atoms with Crippen molar-refractivity contribution in [2.24, 2.45) is 11.5 Å². The van der Waals surface area contributed by atoms with E-state index in [0.29, 0.717) is 5.69 Å². The Labute approximate surface area is 171 Å². The highest BCUT2D eigenvalue weighted by Gasteiger charge is 2.24. The van der Waals surface area contributed by atoms with Gasteiger partial charge in [0.05, 0.1) is 20.8 Å². The van der Waals surface area contributed by atoms with E-state index in [1.165, 1.54) is 0 Å². The van der Waals surface area contributed by atoms with Crippen molar-refractivity contribution in [3.63, 3.8) is 0 Å². The molecule has 2 aromatic heterocycles. The highest BCUT2D eigenvalue weighted by molar-refractivity contribution is 7.18. The van der Waals surface area contributed by atoms with E-state index in [9.17, 15) is 9.18 Å². The smallest absolute Gasteiger partial charge is 0.252 e. The lowest BCUT2D eigenvalue weighted by Gasteiger charge is -2.30. The van der Waals surface area contributed by atoms with E-state index in [2.05, 4.69) is 20.6 Å². The Morgan fingerprint density at radius 1 is 1.21 bits per heavy atom. The van der Waals surface area contributed by atoms with Crippen molar-refractivity contribution in [1.29, 1.82) is 0 Å². The van der Waals surface area contributed by atoms with Crippen LogP contribution in [0.15, 0.2) is 24.3 Å². The first-order chi connectivity index (χ1) is 13.9. The van der Waals surface area contributed by atoms with Crippen molar-refractivity contribution in [1.82, 2.24) is 9.97 Å². The van der Waals surface area contributed by atoms with Crippen molar-refractivity contribution in [2.45, 2.75) is 44.7 Å². The molecule has 0 aliphatic heterocycles. The van der Waals surface area contributed by atoms with Crippen LogP contribution in [0.25, 0.3) is 10.2 Å². The molecule has 6 N–H and O–H groups in total. The van der Waals surface area contributed by atoms with E-state index in [-0.39, 0.29) is 29.3 Å². The fraction of sp³-hybridized carbons (Fsp3) is 0.350. The number of nitrogens with one attached hydrogen (secondary N) is 2. The first-order valence-electron chi connectivity index (χ1n) is 9.57. The molecule has 152 valence electrons. The Hall–Kier alpha value is -2.78. The molecule has 1 aliphatic rings. The summed E-state index contributed by atoms with van der Waals surface area (Å²) in [7, 11) is 0. The summed E-state index contributed by atoms with van der Waals surface area (Å²) in [5.41, 5.74) is 13.2. The Bertz CT molecular complexity index is 1070. The van der Waals surface area contributed by atoms with Crippen LogP contribution in [0, 0.1) is 12.7 Å². The van der Waals surface area contributed by atoms with Crippen LogP contribution in [0.2, 0.25) is 0 Å². The zero-order chi connectivity index (χ0) is 20.5. The van der Waals surface area contributed by atoms with Crippen LogP contribution in [0.4, 0.5) is 21.7 Å². The minimum Gasteiger partial charge on any atom is -0.365 e. The lowest BCUT2D eigenvalue weighted by molar-refractivity contribution is 0.100. The number of rotatable bonds is 5. The predicted octanol–water partition coefficient (Wildman–Crippen LogP) is 3.66. The first kappa shape index (κ1) is 19.5. The van der Waals surface area contributed by atoms with E-state index in [1.54, 1.807) is 11.3 Å². The van der Waals surface area contributed by atoms with Gasteiger partial charge in [0.2, 0.25) is 0 Å². The normalized spacial score (nSPS) is 19.3. The Morgan fingerprint density at radius 3 is 2.76 bits per heavy atom. The molecule has 2 heterocycles. The van der Waals surface area contributed by atoms with Gasteiger partial charge in [-0.3, -0.25) is 4.79 Å². The number of pyridine rings is 1. The topological polar surface area (TPSA) is 119 Å². The summed E-state index contributed by atoms with van der Waals surface area (Å²) in [6.07, 6.45) is 3.84. The van der Waals surface area contributed by atoms with Gasteiger partial charge in [-0.15, -0.1) is 11.3 Å². The minimum absolute atomic E-state index is 0.0124. The SMILES string of the molecule is Cc1nc2ccc(Nc3nc(NC4CCCCC4N)c(F)cc3C(N)=O)cc2s1. The van der Waals surface area contributed by atoms with Crippen LogP contribution in [-0.4, -0.2) is 28.0 Å². The largest absolute Gasteiger partial charge is 0.365 e. The zero-order valence-electron chi connectivity index (χ0n) is 16.0. The number of nitrogens with two attached hydrogens (primary N) is 2. The number of fused-ring (bicyclic) bond motifs is 1. The molecule has 0 radical (unpaired) electrons. The summed E-state index contributed by atoms with van der Waals surface area (Å²) in [6, 6.07) is 6.63. The van der Waals surface area contributed by atoms with Crippen LogP contribution < -0.4 is 22.1 Å². The fourth-order valence-corrected chi connectivity index (χ4v) is 4.51. The molecule has 4 rings (SSSR count). The molecule has 0 bridgehead atoms. The number of halogens is 1. The molecular formula is C20H23FN6OS. The second-order valence-corrected chi connectivity index (χ2v) is 8.55. The number of aryl methyl sites for hydroxylation is 1. The number of aromatic nitrogens is 2. The second kappa shape index (κ2) is 7.92. The number of hydrogen-bond acceptors (Lipinski definition) is 7. The predicted molar refractivity (Wildman–Crippen MR) is 114 cm³/mol. The average Bonchev–Trinajstić information content (AvgIpc) is 3.05. The monoisotopic (exact) mass is 414 g/mol. The number of carbonyl (C=O) groups excluding carboxylic acids is 1. The number of thiazole rings is 1. The molecule has 2 atom stereocenters. The summed E-state index contributed by atoms with van der Waals surface area (Å²) >= 11 is 1.57. The van der Waals surface area contributed by atoms with Gasteiger partial charge in [-0.25, -0.2) is 14.4 Å². The highest BCUT2D eigenvalue weighted by atomic mass is 32.1. The number of anilines is 3. The molecule has 9 heteroatoms. The zero-order valence-corrected chi connectivity index (χ0v) is 16.9. The summed E-state index contributed by atoms with van der Waals surface area (Å²) in [5, 5.41) is 7.18. The number of benzene rings is 1. The van der Waals surface area contributed by atoms with Crippen LogP contribution >= 0.6 is 11.3 Å². The van der Waals surface area contributed by atoms with Crippen LogP contribution in [0.5, 0.6) is 0 Å². The number of carbonyl (C=O) groups is 1. The fourth-order valence-electron chi connectivity index (χ4n) is 3.64. The third-order valence-corrected chi connectivity index (χ3v) is 6.07. The maximum atomic E-state index is 14.6. The third kappa shape index (κ3) is 4.15. The number of nitrogens with zero attached hydrogens (tertiary/aromatic N) is 2. The summed E-state index contributed by atoms with van der Waals surface area (Å²) in [5.74, 6) is -1.12. The van der Waals surface area contributed by atoms with Gasteiger partial charge in [-0.05, 0) is 44.0 Å². The molecule has 3 aromatic rings. The second-order valence-electron chi connectivity index (χ2n) is 7.32. The lowest BCUT2D eigenvalue weighted by atomic mass is 9.91. The molecule has 0 saturated heterocycles. The number of hydrogen-bond donors (Lipinski definition) is 4. The third-order valence-electron chi connectivity index (χ3n) is 5.14. The molecule has 1 aromatic carbocycles. The van der Waals surface area contributed by atoms with Crippen molar-refractivity contribution in [3.8, 4) is 0 Å². The maximum Gasteiger partial charge on any atom is 0.252 e. The van der Waals surface area contributed by atoms with E-state index < -0.39 is 11.7 Å². The first-order valence-corrected chi connectivity index (χ1v) is 10.4. The van der Waals surface area contributed by atoms with Gasteiger partial charge in [0.25, 0.3) is 5.91 Å². The van der Waals surface area contributed by atoms with E-state index in [4.69, 9.17) is 11.5 Å². The summed E-state index contributed by atoms with van der Waals surface area (Å²) in [6.45, 7) is 1.94. The van der Waals surface area contributed by atoms with Gasteiger partial charge in [0.1, 0.15) is 5.82 Å². The summed E-state index contributed by atoms with van der Waals surface area (Å²) < 4.78 is 15.6. The van der Waals surface area contributed by atoms with Crippen molar-refractivity contribution < 1.29 is 9.18 Å². The Kier molecular flexibility index (Phi) is 5.33. The summed E-state index contributed by atoms with van der Waals surface area (Å²) in [4.78, 5) is 20.6.